The first-order valence-corrected chi connectivity index (χ1v) is 6.30. The van der Waals surface area contributed by atoms with Gasteiger partial charge in [-0.15, -0.1) is 0 Å². The second-order valence-corrected chi connectivity index (χ2v) is 5.04. The normalized spacial score (nSPS) is 17.6. The van der Waals surface area contributed by atoms with Gasteiger partial charge in [0.2, 0.25) is 0 Å². The van der Waals surface area contributed by atoms with Gasteiger partial charge in [-0.3, -0.25) is 0 Å². The monoisotopic (exact) mass is 266 g/mol. The van der Waals surface area contributed by atoms with Gasteiger partial charge in [0, 0.05) is 32.2 Å². The molecule has 0 spiro atoms. The van der Waals surface area contributed by atoms with Gasteiger partial charge in [-0.2, -0.15) is 4.98 Å². The second-order valence-electron chi connectivity index (χ2n) is 4.63. The third-order valence-corrected chi connectivity index (χ3v) is 3.60. The topological polar surface area (TPSA) is 58.5 Å². The number of hydrogen-bond donors (Lipinski definition) is 1. The van der Waals surface area contributed by atoms with Crippen molar-refractivity contribution in [2.24, 2.45) is 0 Å². The summed E-state index contributed by atoms with van der Waals surface area (Å²) in [6, 6.07) is 4.12. The summed E-state index contributed by atoms with van der Waals surface area (Å²) >= 11 is 5.97. The van der Waals surface area contributed by atoms with Crippen molar-refractivity contribution < 1.29 is 4.42 Å². The van der Waals surface area contributed by atoms with E-state index in [1.165, 1.54) is 0 Å². The number of benzene rings is 1. The predicted octanol–water partition coefficient (Wildman–Crippen LogP) is 1.82. The van der Waals surface area contributed by atoms with Crippen LogP contribution in [0.5, 0.6) is 0 Å². The smallest absolute Gasteiger partial charge is 0.298 e. The van der Waals surface area contributed by atoms with Gasteiger partial charge in [0.15, 0.2) is 5.58 Å². The van der Waals surface area contributed by atoms with Crippen LogP contribution in [0.2, 0.25) is 5.02 Å². The van der Waals surface area contributed by atoms with Crippen molar-refractivity contribution in [3.8, 4) is 0 Å². The average molecular weight is 267 g/mol. The Hall–Kier alpha value is -1.46. The Balaban J connectivity index is 1.93. The van der Waals surface area contributed by atoms with Crippen LogP contribution in [0, 0.1) is 0 Å². The number of anilines is 2. The number of likely N-dealkylation sites (N-methyl/N-ethyl adjacent to an activating group) is 1. The first kappa shape index (κ1) is 11.6. The highest BCUT2D eigenvalue weighted by Crippen LogP contribution is 2.29. The molecule has 2 N–H and O–H groups in total. The van der Waals surface area contributed by atoms with Crippen LogP contribution in [-0.2, 0) is 0 Å². The second kappa shape index (κ2) is 4.33. The van der Waals surface area contributed by atoms with E-state index in [-0.39, 0.29) is 0 Å². The summed E-state index contributed by atoms with van der Waals surface area (Å²) in [5.41, 5.74) is 7.71. The quantitative estimate of drug-likeness (QED) is 0.798. The zero-order valence-corrected chi connectivity index (χ0v) is 10.9. The Bertz CT molecular complexity index is 536. The zero-order valence-electron chi connectivity index (χ0n) is 10.2. The van der Waals surface area contributed by atoms with Gasteiger partial charge in [-0.1, -0.05) is 11.6 Å². The molecule has 2 heterocycles. The maximum atomic E-state index is 5.97. The number of aromatic nitrogens is 1. The van der Waals surface area contributed by atoms with Crippen LogP contribution in [0.25, 0.3) is 11.1 Å². The molecule has 18 heavy (non-hydrogen) atoms. The molecule has 1 fully saturated rings. The number of fused-ring (bicyclic) bond motifs is 1. The van der Waals surface area contributed by atoms with E-state index in [0.717, 1.165) is 31.7 Å². The summed E-state index contributed by atoms with van der Waals surface area (Å²) in [6.45, 7) is 3.88. The number of nitrogens with two attached hydrogens (primary N) is 1. The standard InChI is InChI=1S/C12H15ClN4O/c1-16-2-4-17(5-3-16)12-15-10-6-8(13)9(14)7-11(10)18-12/h6-7H,2-5,14H2,1H3. The fraction of sp³-hybridized carbons (Fsp3) is 0.417. The molecule has 0 amide bonds. The summed E-state index contributed by atoms with van der Waals surface area (Å²) in [5.74, 6) is 0. The molecule has 0 radical (unpaired) electrons. The molecular formula is C12H15ClN4O. The van der Waals surface area contributed by atoms with E-state index in [2.05, 4.69) is 21.8 Å². The third kappa shape index (κ3) is 2.00. The molecule has 0 bridgehead atoms. The highest BCUT2D eigenvalue weighted by atomic mass is 35.5. The van der Waals surface area contributed by atoms with Crippen molar-refractivity contribution in [2.75, 3.05) is 43.9 Å². The summed E-state index contributed by atoms with van der Waals surface area (Å²) in [5, 5.41) is 0.515. The van der Waals surface area contributed by atoms with Crippen LogP contribution in [-0.4, -0.2) is 43.1 Å². The zero-order chi connectivity index (χ0) is 12.7. The summed E-state index contributed by atoms with van der Waals surface area (Å²) in [6.07, 6.45) is 0. The van der Waals surface area contributed by atoms with E-state index < -0.39 is 0 Å². The summed E-state index contributed by atoms with van der Waals surface area (Å²) in [4.78, 5) is 8.89. The van der Waals surface area contributed by atoms with Gasteiger partial charge < -0.3 is 20.0 Å². The Kier molecular flexibility index (Phi) is 2.80. The number of nitrogen functional groups attached to an aromatic ring is 1. The van der Waals surface area contributed by atoms with Crippen LogP contribution in [0.15, 0.2) is 16.5 Å². The number of nitrogens with zero attached hydrogens (tertiary/aromatic N) is 3. The lowest BCUT2D eigenvalue weighted by Crippen LogP contribution is -2.44. The first-order chi connectivity index (χ1) is 8.63. The van der Waals surface area contributed by atoms with E-state index in [9.17, 15) is 0 Å². The highest BCUT2D eigenvalue weighted by molar-refractivity contribution is 6.33. The average Bonchev–Trinajstić information content (AvgIpc) is 2.73. The molecule has 0 aliphatic carbocycles. The van der Waals surface area contributed by atoms with Gasteiger partial charge >= 0.3 is 0 Å². The molecule has 1 aliphatic heterocycles. The number of hydrogen-bond acceptors (Lipinski definition) is 5. The third-order valence-electron chi connectivity index (χ3n) is 3.27. The molecule has 6 heteroatoms. The van der Waals surface area contributed by atoms with E-state index in [1.54, 1.807) is 12.1 Å². The van der Waals surface area contributed by atoms with Gasteiger partial charge in [0.1, 0.15) is 5.52 Å². The number of halogens is 1. The molecule has 0 unspecified atom stereocenters. The first-order valence-electron chi connectivity index (χ1n) is 5.92. The number of rotatable bonds is 1. The Morgan fingerprint density at radius 2 is 2.00 bits per heavy atom. The van der Waals surface area contributed by atoms with Gasteiger partial charge in [-0.05, 0) is 13.1 Å². The van der Waals surface area contributed by atoms with Crippen molar-refractivity contribution >= 4 is 34.4 Å². The van der Waals surface area contributed by atoms with E-state index in [1.807, 2.05) is 0 Å². The molecule has 3 rings (SSSR count). The minimum Gasteiger partial charge on any atom is -0.423 e. The molecule has 1 aromatic carbocycles. The van der Waals surface area contributed by atoms with Crippen LogP contribution in [0.1, 0.15) is 0 Å². The molecule has 1 saturated heterocycles. The number of oxazole rings is 1. The fourth-order valence-electron chi connectivity index (χ4n) is 2.08. The fourth-order valence-corrected chi connectivity index (χ4v) is 2.24. The SMILES string of the molecule is CN1CCN(c2nc3cc(Cl)c(N)cc3o2)CC1. The Morgan fingerprint density at radius 1 is 1.28 bits per heavy atom. The van der Waals surface area contributed by atoms with Crippen LogP contribution in [0.3, 0.4) is 0 Å². The maximum absolute atomic E-state index is 5.97. The van der Waals surface area contributed by atoms with Gasteiger partial charge in [0.05, 0.1) is 10.7 Å². The van der Waals surface area contributed by atoms with Gasteiger partial charge in [0.25, 0.3) is 6.01 Å². The van der Waals surface area contributed by atoms with Crippen LogP contribution < -0.4 is 10.6 Å². The largest absolute Gasteiger partial charge is 0.423 e. The molecule has 1 aliphatic rings. The lowest BCUT2D eigenvalue weighted by Gasteiger charge is -2.31. The minimum absolute atomic E-state index is 0.515. The summed E-state index contributed by atoms with van der Waals surface area (Å²) in [7, 11) is 2.11. The molecule has 0 atom stereocenters. The lowest BCUT2D eigenvalue weighted by molar-refractivity contribution is 0.305. The molecule has 96 valence electrons. The van der Waals surface area contributed by atoms with Crippen molar-refractivity contribution in [1.29, 1.82) is 0 Å². The highest BCUT2D eigenvalue weighted by Gasteiger charge is 2.19. The molecule has 2 aromatic rings. The minimum atomic E-state index is 0.515. The van der Waals surface area contributed by atoms with E-state index in [0.29, 0.717) is 22.3 Å². The summed E-state index contributed by atoms with van der Waals surface area (Å²) < 4.78 is 5.74. The molecule has 0 saturated carbocycles. The molecule has 5 nitrogen and oxygen atoms in total. The van der Waals surface area contributed by atoms with E-state index in [4.69, 9.17) is 21.8 Å². The van der Waals surface area contributed by atoms with Gasteiger partial charge in [-0.25, -0.2) is 0 Å². The Morgan fingerprint density at radius 3 is 2.72 bits per heavy atom. The van der Waals surface area contributed by atoms with Crippen molar-refractivity contribution in [1.82, 2.24) is 9.88 Å². The maximum Gasteiger partial charge on any atom is 0.298 e. The lowest BCUT2D eigenvalue weighted by atomic mass is 10.3. The predicted molar refractivity (Wildman–Crippen MR) is 73.1 cm³/mol. The molecular weight excluding hydrogens is 252 g/mol. The Labute approximate surface area is 110 Å². The molecule has 1 aromatic heterocycles. The van der Waals surface area contributed by atoms with Crippen molar-refractivity contribution in [3.63, 3.8) is 0 Å². The number of piperazine rings is 1. The van der Waals surface area contributed by atoms with E-state index >= 15 is 0 Å². The van der Waals surface area contributed by atoms with Crippen LogP contribution in [0.4, 0.5) is 11.7 Å². The van der Waals surface area contributed by atoms with Crippen molar-refractivity contribution in [2.45, 2.75) is 0 Å². The van der Waals surface area contributed by atoms with Crippen molar-refractivity contribution in [3.05, 3.63) is 17.2 Å². The van der Waals surface area contributed by atoms with Crippen LogP contribution >= 0.6 is 11.6 Å².